The Kier molecular flexibility index (Phi) is 7.63. The number of rotatable bonds is 3. The molecule has 11 heteroatoms. The number of pyridine rings is 2. The molecule has 30 heavy (non-hydrogen) atoms. The number of anilines is 1. The molecule has 0 unspecified atom stereocenters. The molecule has 1 amide bonds. The topological polar surface area (TPSA) is 129 Å². The summed E-state index contributed by atoms with van der Waals surface area (Å²) in [6, 6.07) is 6.72. The molecule has 2 aromatic rings. The molecule has 8 nitrogen and oxygen atoms in total. The van der Waals surface area contributed by atoms with Crippen molar-refractivity contribution < 1.29 is 37.8 Å². The maximum Gasteiger partial charge on any atom is 0.490 e. The largest absolute Gasteiger partial charge is 0.490 e. The van der Waals surface area contributed by atoms with Gasteiger partial charge in [-0.05, 0) is 36.8 Å². The fraction of sp³-hybridized carbons (Fsp3) is 0.316. The zero-order valence-electron chi connectivity index (χ0n) is 16.5. The smallest absolute Gasteiger partial charge is 0.477 e. The Balaban J connectivity index is 0.000000553. The van der Waals surface area contributed by atoms with E-state index in [0.29, 0.717) is 17.1 Å². The lowest BCUT2D eigenvalue weighted by Gasteiger charge is -2.17. The molecule has 0 aliphatic heterocycles. The number of hydrogen-bond acceptors (Lipinski definition) is 5. The van der Waals surface area contributed by atoms with Gasteiger partial charge in [0.15, 0.2) is 0 Å². The monoisotopic (exact) mass is 427 g/mol. The van der Waals surface area contributed by atoms with Gasteiger partial charge in [-0.2, -0.15) is 13.2 Å². The van der Waals surface area contributed by atoms with E-state index in [-0.39, 0.29) is 11.6 Å². The van der Waals surface area contributed by atoms with Crippen LogP contribution < -0.4 is 5.32 Å². The van der Waals surface area contributed by atoms with Crippen molar-refractivity contribution in [2.24, 2.45) is 5.41 Å². The maximum absolute atomic E-state index is 11.9. The number of hydrogen-bond donors (Lipinski definition) is 3. The molecule has 0 aliphatic carbocycles. The van der Waals surface area contributed by atoms with E-state index in [1.54, 1.807) is 24.4 Å². The van der Waals surface area contributed by atoms with Gasteiger partial charge in [0.05, 0.1) is 5.69 Å². The zero-order chi connectivity index (χ0) is 23.3. The Morgan fingerprint density at radius 2 is 1.60 bits per heavy atom. The van der Waals surface area contributed by atoms with Crippen LogP contribution in [-0.4, -0.2) is 44.2 Å². The fourth-order valence-corrected chi connectivity index (χ4v) is 1.85. The lowest BCUT2D eigenvalue weighted by molar-refractivity contribution is -0.192. The third-order valence-electron chi connectivity index (χ3n) is 3.41. The van der Waals surface area contributed by atoms with E-state index in [1.807, 2.05) is 27.7 Å². The molecule has 0 aromatic carbocycles. The van der Waals surface area contributed by atoms with Crippen LogP contribution in [0.1, 0.15) is 36.8 Å². The van der Waals surface area contributed by atoms with E-state index < -0.39 is 23.5 Å². The van der Waals surface area contributed by atoms with Crippen molar-refractivity contribution >= 4 is 23.7 Å². The Hall–Kier alpha value is -3.50. The first-order valence-electron chi connectivity index (χ1n) is 8.41. The Bertz CT molecular complexity index is 936. The third kappa shape index (κ3) is 7.49. The van der Waals surface area contributed by atoms with Crippen molar-refractivity contribution in [2.75, 3.05) is 5.32 Å². The summed E-state index contributed by atoms with van der Waals surface area (Å²) in [7, 11) is 0. The SMILES string of the molecule is Cc1cc(C(=O)O)nc(-c2ccc(NC(=O)C(C)(C)C)nc2)c1.O=C(O)C(F)(F)F. The first-order valence-corrected chi connectivity index (χ1v) is 8.41. The summed E-state index contributed by atoms with van der Waals surface area (Å²) in [4.78, 5) is 40.2. The first-order chi connectivity index (χ1) is 13.6. The van der Waals surface area contributed by atoms with Crippen LogP contribution in [0.5, 0.6) is 0 Å². The van der Waals surface area contributed by atoms with Crippen molar-refractivity contribution in [3.05, 3.63) is 41.7 Å². The van der Waals surface area contributed by atoms with Crippen molar-refractivity contribution in [3.63, 3.8) is 0 Å². The highest BCUT2D eigenvalue weighted by Crippen LogP contribution is 2.21. The minimum atomic E-state index is -5.08. The van der Waals surface area contributed by atoms with Gasteiger partial charge in [0.25, 0.3) is 0 Å². The molecule has 0 saturated carbocycles. The number of halogens is 3. The van der Waals surface area contributed by atoms with Crippen molar-refractivity contribution in [1.82, 2.24) is 9.97 Å². The van der Waals surface area contributed by atoms with Gasteiger partial charge in [0, 0.05) is 17.2 Å². The van der Waals surface area contributed by atoms with Gasteiger partial charge in [-0.1, -0.05) is 20.8 Å². The van der Waals surface area contributed by atoms with Crippen LogP contribution in [0.2, 0.25) is 0 Å². The molecule has 2 aromatic heterocycles. The van der Waals surface area contributed by atoms with E-state index in [4.69, 9.17) is 15.0 Å². The Morgan fingerprint density at radius 1 is 1.03 bits per heavy atom. The Labute approximate surface area is 169 Å². The second-order valence-electron chi connectivity index (χ2n) is 7.16. The van der Waals surface area contributed by atoms with Crippen LogP contribution >= 0.6 is 0 Å². The lowest BCUT2D eigenvalue weighted by atomic mass is 9.96. The second kappa shape index (κ2) is 9.33. The third-order valence-corrected chi connectivity index (χ3v) is 3.41. The van der Waals surface area contributed by atoms with Crippen molar-refractivity contribution in [3.8, 4) is 11.3 Å². The summed E-state index contributed by atoms with van der Waals surface area (Å²) in [5.74, 6) is -3.51. The summed E-state index contributed by atoms with van der Waals surface area (Å²) >= 11 is 0. The second-order valence-corrected chi connectivity index (χ2v) is 7.16. The van der Waals surface area contributed by atoms with Crippen LogP contribution in [-0.2, 0) is 9.59 Å². The van der Waals surface area contributed by atoms with Crippen molar-refractivity contribution in [1.29, 1.82) is 0 Å². The summed E-state index contributed by atoms with van der Waals surface area (Å²) in [5, 5.41) is 18.9. The molecule has 0 atom stereocenters. The van der Waals surface area contributed by atoms with Crippen LogP contribution in [0, 0.1) is 12.3 Å². The molecular formula is C19H20F3N3O5. The fourth-order valence-electron chi connectivity index (χ4n) is 1.85. The summed E-state index contributed by atoms with van der Waals surface area (Å²) in [6.45, 7) is 7.27. The van der Waals surface area contributed by atoms with E-state index in [0.717, 1.165) is 5.56 Å². The molecule has 162 valence electrons. The average molecular weight is 427 g/mol. The van der Waals surface area contributed by atoms with Gasteiger partial charge in [0.2, 0.25) is 5.91 Å². The highest BCUT2D eigenvalue weighted by molar-refractivity contribution is 5.93. The molecule has 0 saturated heterocycles. The predicted octanol–water partition coefficient (Wildman–Crippen LogP) is 3.77. The van der Waals surface area contributed by atoms with E-state index in [2.05, 4.69) is 15.3 Å². The average Bonchev–Trinajstić information content (AvgIpc) is 2.60. The molecule has 0 radical (unpaired) electrons. The van der Waals surface area contributed by atoms with E-state index in [1.165, 1.54) is 6.07 Å². The number of aromatic carboxylic acids is 1. The number of nitrogens with one attached hydrogen (secondary N) is 1. The first kappa shape index (κ1) is 24.5. The molecule has 0 aliphatic rings. The molecule has 0 bridgehead atoms. The predicted molar refractivity (Wildman–Crippen MR) is 101 cm³/mol. The highest BCUT2D eigenvalue weighted by atomic mass is 19.4. The molecule has 2 heterocycles. The van der Waals surface area contributed by atoms with Gasteiger partial charge < -0.3 is 15.5 Å². The molecule has 0 fully saturated rings. The minimum absolute atomic E-state index is 0.00916. The summed E-state index contributed by atoms with van der Waals surface area (Å²) in [5.41, 5.74) is 1.51. The number of amides is 1. The highest BCUT2D eigenvalue weighted by Gasteiger charge is 2.38. The standard InChI is InChI=1S/C17H19N3O3.C2HF3O2/c1-10-7-12(19-13(8-10)15(21)22)11-5-6-14(18-9-11)20-16(23)17(2,3)4;3-2(4,5)1(6)7/h5-9H,1-4H3,(H,21,22)(H,18,20,23);(H,6,7). The maximum atomic E-state index is 11.9. The van der Waals surface area contributed by atoms with Gasteiger partial charge in [-0.3, -0.25) is 4.79 Å². The van der Waals surface area contributed by atoms with Crippen LogP contribution in [0.15, 0.2) is 30.5 Å². The minimum Gasteiger partial charge on any atom is -0.477 e. The van der Waals surface area contributed by atoms with E-state index in [9.17, 15) is 22.8 Å². The molecule has 0 spiro atoms. The number of aryl methyl sites for hydroxylation is 1. The molecular weight excluding hydrogens is 407 g/mol. The number of alkyl halides is 3. The van der Waals surface area contributed by atoms with Gasteiger partial charge >= 0.3 is 18.1 Å². The van der Waals surface area contributed by atoms with Crippen LogP contribution in [0.4, 0.5) is 19.0 Å². The zero-order valence-corrected chi connectivity index (χ0v) is 16.5. The summed E-state index contributed by atoms with van der Waals surface area (Å²) < 4.78 is 31.7. The number of aromatic nitrogens is 2. The number of carbonyl (C=O) groups is 3. The summed E-state index contributed by atoms with van der Waals surface area (Å²) in [6.07, 6.45) is -3.52. The lowest BCUT2D eigenvalue weighted by Crippen LogP contribution is -2.27. The normalized spacial score (nSPS) is 11.2. The van der Waals surface area contributed by atoms with Crippen LogP contribution in [0.25, 0.3) is 11.3 Å². The number of aliphatic carboxylic acids is 1. The molecule has 2 rings (SSSR count). The number of carbonyl (C=O) groups excluding carboxylic acids is 1. The van der Waals surface area contributed by atoms with Crippen LogP contribution in [0.3, 0.4) is 0 Å². The van der Waals surface area contributed by atoms with Crippen molar-refractivity contribution in [2.45, 2.75) is 33.9 Å². The number of nitrogens with zero attached hydrogens (tertiary/aromatic N) is 2. The van der Waals surface area contributed by atoms with E-state index >= 15 is 0 Å². The number of carboxylic acids is 2. The molecule has 3 N–H and O–H groups in total. The van der Waals surface area contributed by atoms with Gasteiger partial charge in [0.1, 0.15) is 11.5 Å². The quantitative estimate of drug-likeness (QED) is 0.680. The Morgan fingerprint density at radius 3 is 2.00 bits per heavy atom. The number of carboxylic acid groups (broad SMARTS) is 2. The van der Waals surface area contributed by atoms with Gasteiger partial charge in [-0.15, -0.1) is 0 Å². The van der Waals surface area contributed by atoms with Gasteiger partial charge in [-0.25, -0.2) is 19.6 Å².